The first-order chi connectivity index (χ1) is 15.5. The molecule has 0 unspecified atom stereocenters. The predicted molar refractivity (Wildman–Crippen MR) is 128 cm³/mol. The SMILES string of the molecule is O=C(NCCn1cc(SCc2ccc(Cl)cc2)c2ccccc21)c1ccc([N+](=O)[O-])cc1. The number of non-ortho nitro benzene ring substituents is 1. The third-order valence-electron chi connectivity index (χ3n) is 5.04. The highest BCUT2D eigenvalue weighted by molar-refractivity contribution is 7.98. The third-order valence-corrected chi connectivity index (χ3v) is 6.40. The zero-order valence-corrected chi connectivity index (χ0v) is 18.6. The summed E-state index contributed by atoms with van der Waals surface area (Å²) in [6, 6.07) is 21.6. The molecule has 0 atom stereocenters. The van der Waals surface area contributed by atoms with Crippen LogP contribution < -0.4 is 5.32 Å². The van der Waals surface area contributed by atoms with Crippen molar-refractivity contribution < 1.29 is 9.72 Å². The van der Waals surface area contributed by atoms with Crippen molar-refractivity contribution in [3.63, 3.8) is 0 Å². The van der Waals surface area contributed by atoms with E-state index < -0.39 is 4.92 Å². The van der Waals surface area contributed by atoms with Gasteiger partial charge in [0.1, 0.15) is 0 Å². The maximum Gasteiger partial charge on any atom is 0.269 e. The first-order valence-electron chi connectivity index (χ1n) is 9.99. The number of thioether (sulfide) groups is 1. The van der Waals surface area contributed by atoms with E-state index in [4.69, 9.17) is 11.6 Å². The molecule has 0 aliphatic rings. The lowest BCUT2D eigenvalue weighted by Crippen LogP contribution is -2.27. The number of halogens is 1. The molecule has 0 saturated carbocycles. The second kappa shape index (κ2) is 9.89. The van der Waals surface area contributed by atoms with Crippen molar-refractivity contribution in [2.45, 2.75) is 17.2 Å². The van der Waals surface area contributed by atoms with Crippen LogP contribution in [0.5, 0.6) is 0 Å². The Labute approximate surface area is 194 Å². The summed E-state index contributed by atoms with van der Waals surface area (Å²) in [5.41, 5.74) is 2.67. The van der Waals surface area contributed by atoms with E-state index in [1.165, 1.54) is 40.1 Å². The molecular weight excluding hydrogens is 446 g/mol. The van der Waals surface area contributed by atoms with Gasteiger partial charge in [0.25, 0.3) is 11.6 Å². The Morgan fingerprint density at radius 2 is 1.75 bits per heavy atom. The van der Waals surface area contributed by atoms with Gasteiger partial charge in [-0.3, -0.25) is 14.9 Å². The largest absolute Gasteiger partial charge is 0.350 e. The van der Waals surface area contributed by atoms with E-state index in [0.29, 0.717) is 18.7 Å². The fraction of sp³-hybridized carbons (Fsp3) is 0.125. The normalized spacial score (nSPS) is 10.9. The molecule has 1 amide bonds. The number of nitro benzene ring substituents is 1. The maximum atomic E-state index is 12.4. The number of hydrogen-bond donors (Lipinski definition) is 1. The number of nitrogens with zero attached hydrogens (tertiary/aromatic N) is 2. The highest BCUT2D eigenvalue weighted by atomic mass is 35.5. The number of aromatic nitrogens is 1. The summed E-state index contributed by atoms with van der Waals surface area (Å²) in [7, 11) is 0. The zero-order valence-electron chi connectivity index (χ0n) is 17.0. The minimum Gasteiger partial charge on any atom is -0.350 e. The van der Waals surface area contributed by atoms with Crippen LogP contribution in [0.3, 0.4) is 0 Å². The van der Waals surface area contributed by atoms with Gasteiger partial charge in [0.05, 0.1) is 4.92 Å². The number of nitro groups is 1. The number of hydrogen-bond acceptors (Lipinski definition) is 4. The molecule has 6 nitrogen and oxygen atoms in total. The van der Waals surface area contributed by atoms with Crippen molar-refractivity contribution in [1.29, 1.82) is 0 Å². The molecule has 8 heteroatoms. The van der Waals surface area contributed by atoms with Crippen molar-refractivity contribution in [2.75, 3.05) is 6.54 Å². The summed E-state index contributed by atoms with van der Waals surface area (Å²) in [5, 5.41) is 15.5. The second-order valence-electron chi connectivity index (χ2n) is 7.18. The number of carbonyl (C=O) groups excluding carboxylic acids is 1. The number of rotatable bonds is 8. The Hall–Kier alpha value is -3.29. The van der Waals surface area contributed by atoms with Crippen molar-refractivity contribution in [3.05, 3.63) is 105 Å². The van der Waals surface area contributed by atoms with Gasteiger partial charge in [-0.2, -0.15) is 0 Å². The van der Waals surface area contributed by atoms with Crippen LogP contribution in [0.1, 0.15) is 15.9 Å². The van der Waals surface area contributed by atoms with E-state index in [-0.39, 0.29) is 11.6 Å². The minimum atomic E-state index is -0.485. The molecule has 4 aromatic rings. The lowest BCUT2D eigenvalue weighted by Gasteiger charge is -2.07. The molecule has 0 bridgehead atoms. The number of fused-ring (bicyclic) bond motifs is 1. The fourth-order valence-electron chi connectivity index (χ4n) is 3.38. The van der Waals surface area contributed by atoms with Crippen LogP contribution in [0.4, 0.5) is 5.69 Å². The van der Waals surface area contributed by atoms with E-state index in [0.717, 1.165) is 16.3 Å². The number of benzene rings is 3. The molecule has 1 aromatic heterocycles. The first kappa shape index (κ1) is 21.9. The fourth-order valence-corrected chi connectivity index (χ4v) is 4.55. The van der Waals surface area contributed by atoms with Crippen LogP contribution in [0.15, 0.2) is 83.9 Å². The summed E-state index contributed by atoms with van der Waals surface area (Å²) >= 11 is 7.74. The van der Waals surface area contributed by atoms with Crippen LogP contribution in [0.25, 0.3) is 10.9 Å². The Balaban J connectivity index is 1.41. The number of amides is 1. The maximum absolute atomic E-state index is 12.4. The smallest absolute Gasteiger partial charge is 0.269 e. The third kappa shape index (κ3) is 5.12. The monoisotopic (exact) mass is 465 g/mol. The number of para-hydroxylation sites is 1. The Bertz CT molecular complexity index is 1250. The summed E-state index contributed by atoms with van der Waals surface area (Å²) in [6.45, 7) is 1.05. The van der Waals surface area contributed by atoms with Gasteiger partial charge in [0.15, 0.2) is 0 Å². The van der Waals surface area contributed by atoms with E-state index >= 15 is 0 Å². The summed E-state index contributed by atoms with van der Waals surface area (Å²) in [6.07, 6.45) is 2.11. The lowest BCUT2D eigenvalue weighted by atomic mass is 10.2. The first-order valence-corrected chi connectivity index (χ1v) is 11.4. The average Bonchev–Trinajstić information content (AvgIpc) is 3.16. The average molecular weight is 466 g/mol. The van der Waals surface area contributed by atoms with Gasteiger partial charge in [0, 0.05) is 63.6 Å². The Morgan fingerprint density at radius 1 is 1.03 bits per heavy atom. The summed E-state index contributed by atoms with van der Waals surface area (Å²) in [4.78, 5) is 23.8. The van der Waals surface area contributed by atoms with Gasteiger partial charge >= 0.3 is 0 Å². The van der Waals surface area contributed by atoms with Gasteiger partial charge in [-0.05, 0) is 35.9 Å². The van der Waals surface area contributed by atoms with E-state index in [1.54, 1.807) is 11.8 Å². The number of carbonyl (C=O) groups is 1. The molecule has 1 N–H and O–H groups in total. The van der Waals surface area contributed by atoms with Gasteiger partial charge in [0.2, 0.25) is 0 Å². The predicted octanol–water partition coefficient (Wildman–Crippen LogP) is 5.93. The van der Waals surface area contributed by atoms with E-state index in [1.807, 2.05) is 36.4 Å². The molecule has 162 valence electrons. The van der Waals surface area contributed by atoms with Crippen LogP contribution in [-0.2, 0) is 12.3 Å². The molecule has 4 rings (SSSR count). The summed E-state index contributed by atoms with van der Waals surface area (Å²) < 4.78 is 2.13. The molecule has 0 aliphatic heterocycles. The molecule has 0 spiro atoms. The zero-order chi connectivity index (χ0) is 22.5. The van der Waals surface area contributed by atoms with Crippen molar-refractivity contribution in [2.24, 2.45) is 0 Å². The van der Waals surface area contributed by atoms with Gasteiger partial charge < -0.3 is 9.88 Å². The molecule has 1 heterocycles. The lowest BCUT2D eigenvalue weighted by molar-refractivity contribution is -0.384. The highest BCUT2D eigenvalue weighted by Crippen LogP contribution is 2.32. The van der Waals surface area contributed by atoms with Crippen LogP contribution in [0.2, 0.25) is 5.02 Å². The topological polar surface area (TPSA) is 77.2 Å². The Morgan fingerprint density at radius 3 is 2.47 bits per heavy atom. The van der Waals surface area contributed by atoms with Crippen LogP contribution in [0, 0.1) is 10.1 Å². The molecule has 0 fully saturated rings. The van der Waals surface area contributed by atoms with Crippen molar-refractivity contribution >= 4 is 45.9 Å². The summed E-state index contributed by atoms with van der Waals surface area (Å²) in [5.74, 6) is 0.580. The van der Waals surface area contributed by atoms with E-state index in [9.17, 15) is 14.9 Å². The van der Waals surface area contributed by atoms with Gasteiger partial charge in [-0.25, -0.2) is 0 Å². The quantitative estimate of drug-likeness (QED) is 0.199. The van der Waals surface area contributed by atoms with Crippen molar-refractivity contribution in [1.82, 2.24) is 9.88 Å². The van der Waals surface area contributed by atoms with Crippen LogP contribution >= 0.6 is 23.4 Å². The molecule has 32 heavy (non-hydrogen) atoms. The van der Waals surface area contributed by atoms with E-state index in [2.05, 4.69) is 28.2 Å². The molecule has 3 aromatic carbocycles. The highest BCUT2D eigenvalue weighted by Gasteiger charge is 2.11. The second-order valence-corrected chi connectivity index (χ2v) is 8.63. The molecular formula is C24H20ClN3O3S. The Kier molecular flexibility index (Phi) is 6.78. The standard InChI is InChI=1S/C24H20ClN3O3S/c25-19-9-5-17(6-10-19)16-32-23-15-27(22-4-2-1-3-21(22)23)14-13-26-24(29)18-7-11-20(12-8-18)28(30)31/h1-12,15H,13-14,16H2,(H,26,29). The molecule has 0 saturated heterocycles. The van der Waals surface area contributed by atoms with Crippen molar-refractivity contribution in [3.8, 4) is 0 Å². The van der Waals surface area contributed by atoms with Gasteiger partial charge in [-0.1, -0.05) is 41.9 Å². The molecule has 0 aliphatic carbocycles. The molecule has 0 radical (unpaired) electrons. The van der Waals surface area contributed by atoms with Gasteiger partial charge in [-0.15, -0.1) is 11.8 Å². The minimum absolute atomic E-state index is 0.0380. The number of nitrogens with one attached hydrogen (secondary N) is 1. The van der Waals surface area contributed by atoms with Crippen LogP contribution in [-0.4, -0.2) is 21.9 Å².